The smallest absolute Gasteiger partial charge is 0.211 e. The van der Waals surface area contributed by atoms with Crippen LogP contribution in [0.1, 0.15) is 26.7 Å². The maximum absolute atomic E-state index is 11.7. The summed E-state index contributed by atoms with van der Waals surface area (Å²) in [6.45, 7) is 8.05. The van der Waals surface area contributed by atoms with Gasteiger partial charge in [-0.2, -0.15) is 0 Å². The molecule has 10 heteroatoms. The molecule has 1 unspecified atom stereocenters. The van der Waals surface area contributed by atoms with Gasteiger partial charge >= 0.3 is 0 Å². The highest BCUT2D eigenvalue weighted by Crippen LogP contribution is 2.30. The van der Waals surface area contributed by atoms with Gasteiger partial charge in [-0.1, -0.05) is 19.1 Å². The highest BCUT2D eigenvalue weighted by molar-refractivity contribution is 14.0. The minimum atomic E-state index is -3.14. The molecule has 0 spiro atoms. The van der Waals surface area contributed by atoms with E-state index in [0.717, 1.165) is 43.5 Å². The van der Waals surface area contributed by atoms with Crippen molar-refractivity contribution in [2.24, 2.45) is 4.99 Å². The Bertz CT molecular complexity index is 775. The summed E-state index contributed by atoms with van der Waals surface area (Å²) in [4.78, 5) is 6.95. The number of anilines is 1. The van der Waals surface area contributed by atoms with Gasteiger partial charge in [0.15, 0.2) is 5.96 Å². The SMILES string of the molecule is CCNC(=NCCCN(CC)S(C)(=O)=O)NC1CCN(c2ccccc2OC)C1.I. The van der Waals surface area contributed by atoms with Crippen molar-refractivity contribution in [2.45, 2.75) is 32.7 Å². The molecule has 1 aromatic carbocycles. The molecule has 0 radical (unpaired) electrons. The number of sulfonamides is 1. The van der Waals surface area contributed by atoms with E-state index in [9.17, 15) is 8.42 Å². The van der Waals surface area contributed by atoms with Crippen molar-refractivity contribution >= 4 is 45.6 Å². The fourth-order valence-electron chi connectivity index (χ4n) is 3.50. The van der Waals surface area contributed by atoms with Gasteiger partial charge in [0, 0.05) is 45.3 Å². The number of halogens is 1. The maximum Gasteiger partial charge on any atom is 0.211 e. The van der Waals surface area contributed by atoms with Crippen LogP contribution < -0.4 is 20.3 Å². The van der Waals surface area contributed by atoms with Gasteiger partial charge in [-0.05, 0) is 31.9 Å². The van der Waals surface area contributed by atoms with E-state index in [1.165, 1.54) is 10.6 Å². The number of nitrogens with one attached hydrogen (secondary N) is 2. The van der Waals surface area contributed by atoms with E-state index in [-0.39, 0.29) is 24.0 Å². The summed E-state index contributed by atoms with van der Waals surface area (Å²) >= 11 is 0. The molecule has 0 amide bonds. The number of hydrogen-bond donors (Lipinski definition) is 2. The Labute approximate surface area is 198 Å². The summed E-state index contributed by atoms with van der Waals surface area (Å²) in [7, 11) is -1.45. The van der Waals surface area contributed by atoms with Gasteiger partial charge in [-0.25, -0.2) is 12.7 Å². The lowest BCUT2D eigenvalue weighted by Crippen LogP contribution is -2.44. The van der Waals surface area contributed by atoms with E-state index in [2.05, 4.69) is 26.6 Å². The summed E-state index contributed by atoms with van der Waals surface area (Å²) in [6.07, 6.45) is 2.95. The number of methoxy groups -OCH3 is 1. The van der Waals surface area contributed by atoms with E-state index in [0.29, 0.717) is 32.1 Å². The van der Waals surface area contributed by atoms with Crippen molar-refractivity contribution < 1.29 is 13.2 Å². The van der Waals surface area contributed by atoms with Gasteiger partial charge in [0.05, 0.1) is 19.1 Å². The van der Waals surface area contributed by atoms with Gasteiger partial charge in [0.2, 0.25) is 10.0 Å². The summed E-state index contributed by atoms with van der Waals surface area (Å²) in [5.41, 5.74) is 1.11. The van der Waals surface area contributed by atoms with Crippen LogP contribution in [0.3, 0.4) is 0 Å². The number of hydrogen-bond acceptors (Lipinski definition) is 5. The zero-order valence-electron chi connectivity index (χ0n) is 18.4. The predicted octanol–water partition coefficient (Wildman–Crippen LogP) is 2.12. The topological polar surface area (TPSA) is 86.3 Å². The molecule has 0 bridgehead atoms. The van der Waals surface area contributed by atoms with Crippen molar-refractivity contribution in [3.8, 4) is 5.75 Å². The van der Waals surface area contributed by atoms with Crippen molar-refractivity contribution in [1.29, 1.82) is 0 Å². The lowest BCUT2D eigenvalue weighted by molar-refractivity contribution is 0.415. The molecule has 1 heterocycles. The van der Waals surface area contributed by atoms with Crippen LogP contribution in [0.2, 0.25) is 0 Å². The van der Waals surface area contributed by atoms with E-state index < -0.39 is 10.0 Å². The van der Waals surface area contributed by atoms with Gasteiger partial charge in [0.1, 0.15) is 5.75 Å². The van der Waals surface area contributed by atoms with Crippen LogP contribution in [0.15, 0.2) is 29.3 Å². The summed E-state index contributed by atoms with van der Waals surface area (Å²) in [5, 5.41) is 6.79. The van der Waals surface area contributed by atoms with Crippen LogP contribution in [0.4, 0.5) is 5.69 Å². The molecule has 1 fully saturated rings. The molecule has 30 heavy (non-hydrogen) atoms. The Morgan fingerprint density at radius 2 is 2.07 bits per heavy atom. The molecule has 0 saturated carbocycles. The molecular weight excluding hydrogens is 517 g/mol. The van der Waals surface area contributed by atoms with Crippen LogP contribution in [0, 0.1) is 0 Å². The zero-order valence-corrected chi connectivity index (χ0v) is 21.6. The van der Waals surface area contributed by atoms with Crippen LogP contribution in [-0.2, 0) is 10.0 Å². The fourth-order valence-corrected chi connectivity index (χ4v) is 4.43. The summed E-state index contributed by atoms with van der Waals surface area (Å²) < 4.78 is 30.3. The van der Waals surface area contributed by atoms with Crippen molar-refractivity contribution in [3.05, 3.63) is 24.3 Å². The Kier molecular flexibility index (Phi) is 11.8. The van der Waals surface area contributed by atoms with Gasteiger partial charge in [-0.15, -0.1) is 24.0 Å². The molecule has 1 aliphatic heterocycles. The normalized spacial score (nSPS) is 17.0. The molecule has 1 atom stereocenters. The second-order valence-electron chi connectivity index (χ2n) is 7.12. The lowest BCUT2D eigenvalue weighted by atomic mass is 10.2. The minimum absolute atomic E-state index is 0. The number of rotatable bonds is 10. The van der Waals surface area contributed by atoms with Gasteiger partial charge < -0.3 is 20.3 Å². The van der Waals surface area contributed by atoms with Crippen molar-refractivity contribution in [3.63, 3.8) is 0 Å². The number of nitrogens with zero attached hydrogens (tertiary/aromatic N) is 3. The monoisotopic (exact) mass is 553 g/mol. The first-order valence-electron chi connectivity index (χ1n) is 10.3. The molecule has 1 aliphatic rings. The number of guanidine groups is 1. The van der Waals surface area contributed by atoms with Gasteiger partial charge in [-0.3, -0.25) is 4.99 Å². The Balaban J connectivity index is 0.00000450. The quantitative estimate of drug-likeness (QED) is 0.200. The third kappa shape index (κ3) is 8.10. The molecule has 1 aromatic rings. The maximum atomic E-state index is 11.7. The second kappa shape index (κ2) is 13.2. The molecule has 2 N–H and O–H groups in total. The van der Waals surface area contributed by atoms with Crippen LogP contribution in [0.25, 0.3) is 0 Å². The van der Waals surface area contributed by atoms with Crippen LogP contribution in [0.5, 0.6) is 5.75 Å². The van der Waals surface area contributed by atoms with E-state index >= 15 is 0 Å². The van der Waals surface area contributed by atoms with E-state index in [1.807, 2.05) is 32.0 Å². The highest BCUT2D eigenvalue weighted by Gasteiger charge is 2.25. The number of benzene rings is 1. The molecule has 0 aromatic heterocycles. The average molecular weight is 554 g/mol. The molecule has 0 aliphatic carbocycles. The Morgan fingerprint density at radius 1 is 1.33 bits per heavy atom. The third-order valence-electron chi connectivity index (χ3n) is 4.96. The third-order valence-corrected chi connectivity index (χ3v) is 6.34. The molecule has 172 valence electrons. The highest BCUT2D eigenvalue weighted by atomic mass is 127. The largest absolute Gasteiger partial charge is 0.495 e. The van der Waals surface area contributed by atoms with E-state index in [1.54, 1.807) is 7.11 Å². The second-order valence-corrected chi connectivity index (χ2v) is 9.10. The molecular formula is C20H36IN5O3S. The van der Waals surface area contributed by atoms with Crippen LogP contribution >= 0.6 is 24.0 Å². The first-order chi connectivity index (χ1) is 13.9. The first-order valence-corrected chi connectivity index (χ1v) is 12.1. The predicted molar refractivity (Wildman–Crippen MR) is 135 cm³/mol. The number of ether oxygens (including phenoxy) is 1. The Morgan fingerprint density at radius 3 is 2.70 bits per heavy atom. The van der Waals surface area contributed by atoms with Crippen molar-refractivity contribution in [2.75, 3.05) is 57.5 Å². The molecule has 1 saturated heterocycles. The zero-order chi connectivity index (χ0) is 21.3. The Hall–Kier alpha value is -1.27. The van der Waals surface area contributed by atoms with Crippen molar-refractivity contribution in [1.82, 2.24) is 14.9 Å². The fraction of sp³-hybridized carbons (Fsp3) is 0.650. The van der Waals surface area contributed by atoms with Crippen LogP contribution in [-0.4, -0.2) is 77.4 Å². The first kappa shape index (κ1) is 26.8. The minimum Gasteiger partial charge on any atom is -0.495 e. The number of aliphatic imine (C=N–C) groups is 1. The lowest BCUT2D eigenvalue weighted by Gasteiger charge is -2.22. The molecule has 2 rings (SSSR count). The summed E-state index contributed by atoms with van der Waals surface area (Å²) in [5.74, 6) is 1.67. The standard InChI is InChI=1S/C20H35N5O3S.HI/c1-5-21-20(22-13-9-14-25(6-2)29(4,26)27)23-17-12-15-24(16-17)18-10-7-8-11-19(18)28-3;/h7-8,10-11,17H,5-6,9,12-16H2,1-4H3,(H2,21,22,23);1H. The van der Waals surface area contributed by atoms with Gasteiger partial charge in [0.25, 0.3) is 0 Å². The summed E-state index contributed by atoms with van der Waals surface area (Å²) in [6, 6.07) is 8.37. The van der Waals surface area contributed by atoms with E-state index in [4.69, 9.17) is 4.74 Å². The number of para-hydroxylation sites is 2. The molecule has 8 nitrogen and oxygen atoms in total. The average Bonchev–Trinajstić information content (AvgIpc) is 3.15.